The lowest BCUT2D eigenvalue weighted by Gasteiger charge is -2.36. The molecular formula is C19H25BrIN7O. The third kappa shape index (κ3) is 6.53. The van der Waals surface area contributed by atoms with Gasteiger partial charge in [0.15, 0.2) is 5.96 Å². The number of hydrogen-bond donors (Lipinski definition) is 2. The molecule has 3 rings (SSSR count). The Morgan fingerprint density at radius 2 is 1.90 bits per heavy atom. The second-order valence-corrected chi connectivity index (χ2v) is 7.35. The van der Waals surface area contributed by atoms with Gasteiger partial charge in [0, 0.05) is 55.8 Å². The van der Waals surface area contributed by atoms with Crippen LogP contribution in [-0.2, 0) is 4.79 Å². The summed E-state index contributed by atoms with van der Waals surface area (Å²) in [4.78, 5) is 29.5. The number of benzene rings is 1. The molecule has 2 aromatic rings. The first-order valence-corrected chi connectivity index (χ1v) is 9.89. The summed E-state index contributed by atoms with van der Waals surface area (Å²) < 4.78 is 0.928. The fourth-order valence-electron chi connectivity index (χ4n) is 2.99. The van der Waals surface area contributed by atoms with Gasteiger partial charge < -0.3 is 20.4 Å². The van der Waals surface area contributed by atoms with Crippen LogP contribution in [0, 0.1) is 6.92 Å². The molecule has 0 radical (unpaired) electrons. The first-order chi connectivity index (χ1) is 13.6. The van der Waals surface area contributed by atoms with E-state index < -0.39 is 0 Å². The van der Waals surface area contributed by atoms with Crippen molar-refractivity contribution in [3.05, 3.63) is 46.7 Å². The third-order valence-corrected chi connectivity index (χ3v) is 5.00. The minimum atomic E-state index is -0.112. The highest BCUT2D eigenvalue weighted by Crippen LogP contribution is 2.20. The molecule has 1 aliphatic rings. The maximum Gasteiger partial charge on any atom is 0.243 e. The number of aryl methyl sites for hydroxylation is 1. The van der Waals surface area contributed by atoms with Gasteiger partial charge in [0.2, 0.25) is 11.9 Å². The highest BCUT2D eigenvalue weighted by atomic mass is 127. The van der Waals surface area contributed by atoms with E-state index in [1.165, 1.54) is 0 Å². The molecule has 29 heavy (non-hydrogen) atoms. The fourth-order valence-corrected chi connectivity index (χ4v) is 3.35. The maximum atomic E-state index is 12.3. The molecule has 2 heterocycles. The first-order valence-electron chi connectivity index (χ1n) is 9.10. The number of nitrogens with one attached hydrogen (secondary N) is 2. The predicted molar refractivity (Wildman–Crippen MR) is 130 cm³/mol. The summed E-state index contributed by atoms with van der Waals surface area (Å²) in [5, 5.41) is 6.08. The molecule has 0 atom stereocenters. The lowest BCUT2D eigenvalue weighted by molar-refractivity contribution is -0.115. The van der Waals surface area contributed by atoms with Gasteiger partial charge in [0.25, 0.3) is 0 Å². The van der Waals surface area contributed by atoms with Crippen LogP contribution in [0.25, 0.3) is 0 Å². The molecule has 1 saturated heterocycles. The van der Waals surface area contributed by atoms with Crippen molar-refractivity contribution in [3.8, 4) is 0 Å². The number of halogens is 2. The molecule has 1 aliphatic heterocycles. The molecule has 1 fully saturated rings. The van der Waals surface area contributed by atoms with Gasteiger partial charge in [-0.15, -0.1) is 24.0 Å². The minimum Gasteiger partial charge on any atom is -0.347 e. The quantitative estimate of drug-likeness (QED) is 0.332. The highest BCUT2D eigenvalue weighted by Gasteiger charge is 2.21. The van der Waals surface area contributed by atoms with E-state index in [-0.39, 0.29) is 36.4 Å². The van der Waals surface area contributed by atoms with E-state index in [4.69, 9.17) is 0 Å². The zero-order valence-corrected chi connectivity index (χ0v) is 20.3. The number of amides is 1. The molecule has 156 valence electrons. The Bertz CT molecular complexity index is 842. The molecule has 8 nitrogen and oxygen atoms in total. The number of hydrogen-bond acceptors (Lipinski definition) is 5. The molecule has 0 aliphatic carbocycles. The number of nitrogens with zero attached hydrogens (tertiary/aromatic N) is 5. The molecule has 0 spiro atoms. The molecule has 1 amide bonds. The Morgan fingerprint density at radius 1 is 1.21 bits per heavy atom. The average Bonchev–Trinajstić information content (AvgIpc) is 2.72. The standard InChI is InChI=1S/C19H24BrN7O.HI/c1-14-4-5-15(20)12-16(14)25-17(28)13-24-18(21-2)26-8-10-27(11-9-26)19-22-6-3-7-23-19;/h3-7,12H,8-11,13H2,1-2H3,(H,21,24)(H,25,28);1H. The van der Waals surface area contributed by atoms with Gasteiger partial charge in [-0.2, -0.15) is 0 Å². The van der Waals surface area contributed by atoms with Crippen LogP contribution in [0.4, 0.5) is 11.6 Å². The van der Waals surface area contributed by atoms with E-state index in [0.717, 1.165) is 53.8 Å². The number of carbonyl (C=O) groups excluding carboxylic acids is 1. The lowest BCUT2D eigenvalue weighted by Crippen LogP contribution is -2.53. The zero-order valence-electron chi connectivity index (χ0n) is 16.4. The van der Waals surface area contributed by atoms with Gasteiger partial charge in [-0.05, 0) is 30.7 Å². The first kappa shape index (κ1) is 23.3. The number of carbonyl (C=O) groups is 1. The van der Waals surface area contributed by atoms with Crippen LogP contribution in [0.5, 0.6) is 0 Å². The number of anilines is 2. The summed E-state index contributed by atoms with van der Waals surface area (Å²) in [6, 6.07) is 7.62. The topological polar surface area (TPSA) is 85.8 Å². The van der Waals surface area contributed by atoms with E-state index in [1.807, 2.05) is 31.2 Å². The van der Waals surface area contributed by atoms with Crippen LogP contribution in [0.2, 0.25) is 0 Å². The van der Waals surface area contributed by atoms with E-state index in [1.54, 1.807) is 19.4 Å². The Hall–Kier alpha value is -1.95. The molecule has 1 aromatic carbocycles. The van der Waals surface area contributed by atoms with Crippen molar-refractivity contribution in [2.75, 3.05) is 50.0 Å². The van der Waals surface area contributed by atoms with Crippen molar-refractivity contribution in [2.45, 2.75) is 6.92 Å². The third-order valence-electron chi connectivity index (χ3n) is 4.51. The Morgan fingerprint density at radius 3 is 2.55 bits per heavy atom. The summed E-state index contributed by atoms with van der Waals surface area (Å²) in [7, 11) is 1.73. The molecular weight excluding hydrogens is 549 g/mol. The molecule has 0 bridgehead atoms. The Labute approximate surface area is 196 Å². The van der Waals surface area contributed by atoms with Gasteiger partial charge in [-0.3, -0.25) is 9.79 Å². The molecule has 1 aromatic heterocycles. The van der Waals surface area contributed by atoms with Crippen LogP contribution in [0.1, 0.15) is 5.56 Å². The summed E-state index contributed by atoms with van der Waals surface area (Å²) >= 11 is 3.43. The van der Waals surface area contributed by atoms with Crippen molar-refractivity contribution in [1.82, 2.24) is 20.2 Å². The monoisotopic (exact) mass is 573 g/mol. The number of aliphatic imine (C=N–C) groups is 1. The highest BCUT2D eigenvalue weighted by molar-refractivity contribution is 14.0. The summed E-state index contributed by atoms with van der Waals surface area (Å²) in [5.74, 6) is 1.35. The van der Waals surface area contributed by atoms with Gasteiger partial charge in [-0.25, -0.2) is 9.97 Å². The van der Waals surface area contributed by atoms with E-state index in [2.05, 4.69) is 51.3 Å². The summed E-state index contributed by atoms with van der Waals surface area (Å²) in [5.41, 5.74) is 1.81. The summed E-state index contributed by atoms with van der Waals surface area (Å²) in [6.45, 7) is 5.28. The molecule has 10 heteroatoms. The van der Waals surface area contributed by atoms with Crippen molar-refractivity contribution in [1.29, 1.82) is 0 Å². The molecule has 0 saturated carbocycles. The van der Waals surface area contributed by atoms with Crippen molar-refractivity contribution in [2.24, 2.45) is 4.99 Å². The largest absolute Gasteiger partial charge is 0.347 e. The fraction of sp³-hybridized carbons (Fsp3) is 0.368. The molecule has 2 N–H and O–H groups in total. The van der Waals surface area contributed by atoms with Crippen LogP contribution in [0.15, 0.2) is 46.1 Å². The van der Waals surface area contributed by atoms with Gasteiger partial charge >= 0.3 is 0 Å². The SMILES string of the molecule is CN=C(NCC(=O)Nc1cc(Br)ccc1C)N1CCN(c2ncccn2)CC1.I. The second kappa shape index (κ2) is 11.3. The number of rotatable bonds is 4. The zero-order chi connectivity index (χ0) is 19.9. The number of guanidine groups is 1. The van der Waals surface area contributed by atoms with Gasteiger partial charge in [0.1, 0.15) is 0 Å². The average molecular weight is 574 g/mol. The molecule has 0 unspecified atom stereocenters. The second-order valence-electron chi connectivity index (χ2n) is 6.43. The van der Waals surface area contributed by atoms with Crippen LogP contribution >= 0.6 is 39.9 Å². The van der Waals surface area contributed by atoms with E-state index in [9.17, 15) is 4.79 Å². The Kier molecular flexibility index (Phi) is 9.08. The van der Waals surface area contributed by atoms with Gasteiger partial charge in [-0.1, -0.05) is 22.0 Å². The summed E-state index contributed by atoms with van der Waals surface area (Å²) in [6.07, 6.45) is 3.50. The maximum absolute atomic E-state index is 12.3. The normalized spacial score (nSPS) is 14.2. The van der Waals surface area contributed by atoms with E-state index >= 15 is 0 Å². The van der Waals surface area contributed by atoms with Crippen LogP contribution in [-0.4, -0.2) is 66.5 Å². The van der Waals surface area contributed by atoms with Crippen LogP contribution < -0.4 is 15.5 Å². The van der Waals surface area contributed by atoms with Crippen molar-refractivity contribution in [3.63, 3.8) is 0 Å². The van der Waals surface area contributed by atoms with Crippen LogP contribution in [0.3, 0.4) is 0 Å². The Balaban J connectivity index is 0.00000300. The minimum absolute atomic E-state index is 0. The predicted octanol–water partition coefficient (Wildman–Crippen LogP) is 2.50. The van der Waals surface area contributed by atoms with Crippen molar-refractivity contribution >= 4 is 63.4 Å². The van der Waals surface area contributed by atoms with Crippen molar-refractivity contribution < 1.29 is 4.79 Å². The van der Waals surface area contributed by atoms with E-state index in [0.29, 0.717) is 0 Å². The number of piperazine rings is 1. The lowest BCUT2D eigenvalue weighted by atomic mass is 10.2. The smallest absolute Gasteiger partial charge is 0.243 e. The van der Waals surface area contributed by atoms with Gasteiger partial charge in [0.05, 0.1) is 6.54 Å². The number of aromatic nitrogens is 2.